The monoisotopic (exact) mass is 417 g/mol. The Kier molecular flexibility index (Phi) is 4.92. The van der Waals surface area contributed by atoms with Gasteiger partial charge in [-0.1, -0.05) is 30.7 Å². The molecule has 4 aliphatic rings. The quantitative estimate of drug-likeness (QED) is 0.700. The maximum atomic E-state index is 13.4. The van der Waals surface area contributed by atoms with Crippen LogP contribution in [0.3, 0.4) is 0 Å². The summed E-state index contributed by atoms with van der Waals surface area (Å²) in [5.41, 5.74) is 0.795. The number of allylic oxidation sites excluding steroid dienone is 2. The van der Waals surface area contributed by atoms with Gasteiger partial charge < -0.3 is 5.11 Å². The molecule has 4 aliphatic carbocycles. The lowest BCUT2D eigenvalue weighted by Crippen LogP contribution is -2.49. The van der Waals surface area contributed by atoms with Gasteiger partial charge in [-0.25, -0.2) is 8.78 Å². The van der Waals surface area contributed by atoms with Crippen molar-refractivity contribution >= 4 is 0 Å². The molecule has 1 aromatic rings. The highest BCUT2D eigenvalue weighted by Gasteiger charge is 2.57. The van der Waals surface area contributed by atoms with E-state index in [1.54, 1.807) is 17.2 Å². The Bertz CT molecular complexity index is 838. The van der Waals surface area contributed by atoms with Gasteiger partial charge >= 0.3 is 0 Å². The summed E-state index contributed by atoms with van der Waals surface area (Å²) in [6, 6.07) is 0. The van der Waals surface area contributed by atoms with Crippen molar-refractivity contribution < 1.29 is 13.9 Å². The molecule has 0 aliphatic heterocycles. The minimum absolute atomic E-state index is 0.163. The Labute approximate surface area is 177 Å². The molecule has 1 aromatic heterocycles. The summed E-state index contributed by atoms with van der Waals surface area (Å²) >= 11 is 0. The standard InChI is InChI=1S/C24H33F2N3O/c1-15(14-29-27-11-12-28-29)20-5-6-21-19-4-3-16-13-24(30,22(25)26)10-8-17(16)18(19)7-9-23(20,21)2/h3,11-12,17-22,30H,1,4-10,13-14H2,2H3/t17-,18+,19+,20+,21-,23+,24-/m0/s1. The summed E-state index contributed by atoms with van der Waals surface area (Å²) in [6.07, 6.45) is 9.82. The predicted octanol–water partition coefficient (Wildman–Crippen LogP) is 5.02. The van der Waals surface area contributed by atoms with Crippen LogP contribution in [0.5, 0.6) is 0 Å². The number of rotatable bonds is 4. The maximum absolute atomic E-state index is 13.4. The summed E-state index contributed by atoms with van der Waals surface area (Å²) in [7, 11) is 0. The van der Waals surface area contributed by atoms with Crippen molar-refractivity contribution in [1.29, 1.82) is 0 Å². The molecule has 0 amide bonds. The van der Waals surface area contributed by atoms with Gasteiger partial charge in [0.05, 0.1) is 18.9 Å². The molecule has 7 atom stereocenters. The molecular formula is C24H33F2N3O. The van der Waals surface area contributed by atoms with E-state index in [-0.39, 0.29) is 18.3 Å². The second kappa shape index (κ2) is 7.25. The fourth-order valence-corrected chi connectivity index (χ4v) is 7.79. The van der Waals surface area contributed by atoms with E-state index in [1.165, 1.54) is 24.8 Å². The number of nitrogens with zero attached hydrogens (tertiary/aromatic N) is 3. The highest BCUT2D eigenvalue weighted by Crippen LogP contribution is 2.64. The lowest BCUT2D eigenvalue weighted by molar-refractivity contribution is -0.119. The molecule has 1 N–H and O–H groups in total. The van der Waals surface area contributed by atoms with E-state index in [9.17, 15) is 13.9 Å². The van der Waals surface area contributed by atoms with Crippen LogP contribution in [0.2, 0.25) is 0 Å². The molecule has 3 saturated carbocycles. The van der Waals surface area contributed by atoms with E-state index >= 15 is 0 Å². The molecule has 0 bridgehead atoms. The first-order valence-corrected chi connectivity index (χ1v) is 11.5. The topological polar surface area (TPSA) is 50.9 Å². The van der Waals surface area contributed by atoms with Crippen molar-refractivity contribution in [3.63, 3.8) is 0 Å². The van der Waals surface area contributed by atoms with Crippen molar-refractivity contribution in [3.8, 4) is 0 Å². The van der Waals surface area contributed by atoms with Gasteiger partial charge in [-0.3, -0.25) is 0 Å². The van der Waals surface area contributed by atoms with E-state index < -0.39 is 12.0 Å². The Morgan fingerprint density at radius 2 is 1.97 bits per heavy atom. The zero-order chi connectivity index (χ0) is 21.1. The summed E-state index contributed by atoms with van der Waals surface area (Å²) in [4.78, 5) is 1.73. The lowest BCUT2D eigenvalue weighted by atomic mass is 9.51. The van der Waals surface area contributed by atoms with Crippen molar-refractivity contribution in [2.24, 2.45) is 35.0 Å². The number of hydrogen-bond donors (Lipinski definition) is 1. The first-order chi connectivity index (χ1) is 14.3. The molecule has 3 fully saturated rings. The largest absolute Gasteiger partial charge is 0.384 e. The second-order valence-corrected chi connectivity index (χ2v) is 10.6. The molecule has 5 rings (SSSR count). The molecular weight excluding hydrogens is 384 g/mol. The number of aromatic nitrogens is 3. The van der Waals surface area contributed by atoms with Crippen molar-refractivity contribution in [2.75, 3.05) is 0 Å². The Morgan fingerprint density at radius 3 is 2.70 bits per heavy atom. The Morgan fingerprint density at radius 1 is 1.20 bits per heavy atom. The molecule has 6 heteroatoms. The first kappa shape index (κ1) is 20.3. The number of halogens is 2. The van der Waals surface area contributed by atoms with Gasteiger partial charge in [0.15, 0.2) is 0 Å². The SMILES string of the molecule is C=C(Cn1nccn1)[C@H]1CC[C@H]2[C@@H]3CC=C4C[C@](O)(C(F)F)CC[C@@H]4[C@H]3CC[C@]12C. The number of fused-ring (bicyclic) bond motifs is 5. The second-order valence-electron chi connectivity index (χ2n) is 10.6. The van der Waals surface area contributed by atoms with Gasteiger partial charge in [-0.15, -0.1) is 0 Å². The van der Waals surface area contributed by atoms with Crippen LogP contribution in [0.15, 0.2) is 36.2 Å². The molecule has 0 unspecified atom stereocenters. The molecule has 0 spiro atoms. The normalized spacial score (nSPS) is 43.0. The Balaban J connectivity index is 1.34. The van der Waals surface area contributed by atoms with Gasteiger partial charge in [-0.2, -0.15) is 15.0 Å². The van der Waals surface area contributed by atoms with Crippen molar-refractivity contribution in [2.45, 2.75) is 76.9 Å². The van der Waals surface area contributed by atoms with Crippen molar-refractivity contribution in [1.82, 2.24) is 15.0 Å². The average molecular weight is 418 g/mol. The zero-order valence-electron chi connectivity index (χ0n) is 17.8. The molecule has 0 radical (unpaired) electrons. The van der Waals surface area contributed by atoms with Crippen LogP contribution < -0.4 is 0 Å². The van der Waals surface area contributed by atoms with Crippen LogP contribution in [0, 0.1) is 35.0 Å². The summed E-state index contributed by atoms with van der Waals surface area (Å²) < 4.78 is 26.8. The summed E-state index contributed by atoms with van der Waals surface area (Å²) in [6.45, 7) is 7.59. The molecule has 30 heavy (non-hydrogen) atoms. The van der Waals surface area contributed by atoms with Crippen molar-refractivity contribution in [3.05, 3.63) is 36.2 Å². The molecule has 4 nitrogen and oxygen atoms in total. The number of aliphatic hydroxyl groups is 1. The minimum Gasteiger partial charge on any atom is -0.384 e. The third kappa shape index (κ3) is 3.09. The van der Waals surface area contributed by atoms with Crippen LogP contribution in [0.4, 0.5) is 8.78 Å². The number of alkyl halides is 2. The molecule has 0 saturated heterocycles. The average Bonchev–Trinajstić information content (AvgIpc) is 3.34. The fraction of sp³-hybridized carbons (Fsp3) is 0.750. The highest BCUT2D eigenvalue weighted by atomic mass is 19.3. The molecule has 0 aromatic carbocycles. The third-order valence-electron chi connectivity index (χ3n) is 9.25. The molecule has 164 valence electrons. The smallest absolute Gasteiger partial charge is 0.267 e. The fourth-order valence-electron chi connectivity index (χ4n) is 7.79. The summed E-state index contributed by atoms with van der Waals surface area (Å²) in [5.74, 6) is 2.77. The highest BCUT2D eigenvalue weighted by molar-refractivity contribution is 5.23. The van der Waals surface area contributed by atoms with E-state index in [4.69, 9.17) is 0 Å². The van der Waals surface area contributed by atoms with Gasteiger partial charge in [0.2, 0.25) is 0 Å². The van der Waals surface area contributed by atoms with Gasteiger partial charge in [0.1, 0.15) is 5.60 Å². The maximum Gasteiger partial charge on any atom is 0.267 e. The minimum atomic E-state index is -2.65. The third-order valence-corrected chi connectivity index (χ3v) is 9.25. The van der Waals surface area contributed by atoms with Gasteiger partial charge in [0, 0.05) is 6.42 Å². The van der Waals surface area contributed by atoms with Gasteiger partial charge in [-0.05, 0) is 80.0 Å². The number of hydrogen-bond acceptors (Lipinski definition) is 3. The molecule has 1 heterocycles. The van der Waals surface area contributed by atoms with Gasteiger partial charge in [0.25, 0.3) is 6.43 Å². The van der Waals surface area contributed by atoms with E-state index in [0.29, 0.717) is 42.6 Å². The van der Waals surface area contributed by atoms with Crippen LogP contribution in [-0.4, -0.2) is 32.1 Å². The summed E-state index contributed by atoms with van der Waals surface area (Å²) in [5, 5.41) is 18.9. The zero-order valence-corrected chi connectivity index (χ0v) is 17.8. The first-order valence-electron chi connectivity index (χ1n) is 11.5. The van der Waals surface area contributed by atoms with Crippen LogP contribution in [0.1, 0.15) is 58.3 Å². The van der Waals surface area contributed by atoms with E-state index in [2.05, 4.69) is 29.8 Å². The van der Waals surface area contributed by atoms with Crippen LogP contribution in [0.25, 0.3) is 0 Å². The van der Waals surface area contributed by atoms with Crippen LogP contribution >= 0.6 is 0 Å². The lowest BCUT2D eigenvalue weighted by Gasteiger charge is -2.54. The van der Waals surface area contributed by atoms with Crippen LogP contribution in [-0.2, 0) is 6.54 Å². The van der Waals surface area contributed by atoms with E-state index in [0.717, 1.165) is 18.4 Å². The Hall–Kier alpha value is -1.56. The predicted molar refractivity (Wildman–Crippen MR) is 111 cm³/mol. The van der Waals surface area contributed by atoms with E-state index in [1.807, 2.05) is 0 Å².